The second-order valence-corrected chi connectivity index (χ2v) is 7.63. The molecule has 0 radical (unpaired) electrons. The lowest BCUT2D eigenvalue weighted by atomic mass is 10.1. The minimum atomic E-state index is -4.99. The molecule has 2 aromatic heterocycles. The Balaban J connectivity index is 1.48. The van der Waals surface area contributed by atoms with Crippen LogP contribution in [0.2, 0.25) is 0 Å². The van der Waals surface area contributed by atoms with E-state index >= 15 is 0 Å². The van der Waals surface area contributed by atoms with Crippen LogP contribution in [-0.4, -0.2) is 37.5 Å². The zero-order valence-corrected chi connectivity index (χ0v) is 17.6. The molecule has 1 aliphatic rings. The molecule has 34 heavy (non-hydrogen) atoms. The van der Waals surface area contributed by atoms with Crippen molar-refractivity contribution in [2.45, 2.75) is 45.4 Å². The first-order valence-electron chi connectivity index (χ1n) is 9.97. The van der Waals surface area contributed by atoms with Crippen molar-refractivity contribution in [1.82, 2.24) is 24.8 Å². The third-order valence-electron chi connectivity index (χ3n) is 5.03. The van der Waals surface area contributed by atoms with Gasteiger partial charge in [-0.15, -0.1) is 0 Å². The Morgan fingerprint density at radius 3 is 2.32 bits per heavy atom. The molecule has 0 saturated heterocycles. The van der Waals surface area contributed by atoms with E-state index in [0.717, 1.165) is 0 Å². The second kappa shape index (κ2) is 8.65. The summed E-state index contributed by atoms with van der Waals surface area (Å²) in [7, 11) is 0. The number of nitrogens with zero attached hydrogens (tertiary/aromatic N) is 5. The van der Waals surface area contributed by atoms with E-state index in [0.29, 0.717) is 42.3 Å². The van der Waals surface area contributed by atoms with Crippen LogP contribution in [0, 0.1) is 6.92 Å². The average molecular weight is 489 g/mol. The number of aromatic nitrogens is 4. The normalized spacial score (nSPS) is 14.6. The topological polar surface area (TPSA) is 86.3 Å². The van der Waals surface area contributed by atoms with Gasteiger partial charge >= 0.3 is 18.4 Å². The quantitative estimate of drug-likeness (QED) is 0.491. The maximum Gasteiger partial charge on any atom is 0.416 e. The molecule has 0 unspecified atom stereocenters. The van der Waals surface area contributed by atoms with E-state index in [1.807, 2.05) is 0 Å². The van der Waals surface area contributed by atoms with Crippen LogP contribution >= 0.6 is 0 Å². The first-order chi connectivity index (χ1) is 15.9. The number of carbonyl (C=O) groups excluding carboxylic acids is 1. The van der Waals surface area contributed by atoms with Gasteiger partial charge in [0.25, 0.3) is 5.89 Å². The molecule has 4 rings (SSSR count). The number of hydrogen-bond donors (Lipinski definition) is 0. The van der Waals surface area contributed by atoms with Crippen LogP contribution in [0.1, 0.15) is 34.6 Å². The second-order valence-electron chi connectivity index (χ2n) is 7.63. The summed E-state index contributed by atoms with van der Waals surface area (Å²) in [4.78, 5) is 18.0. The van der Waals surface area contributed by atoms with Crippen LogP contribution in [0.3, 0.4) is 0 Å². The third-order valence-corrected chi connectivity index (χ3v) is 5.03. The molecule has 0 atom stereocenters. The predicted octanol–water partition coefficient (Wildman–Crippen LogP) is 4.82. The van der Waals surface area contributed by atoms with E-state index in [9.17, 15) is 31.1 Å². The zero-order chi connectivity index (χ0) is 24.7. The van der Waals surface area contributed by atoms with Crippen LogP contribution < -0.4 is 0 Å². The smallest absolute Gasteiger partial charge is 0.416 e. The SMILES string of the molecule is Cc1noc(-c2cc3n(n2)CCCN(C(=O)OCc2cc(C(F)(F)F)cc(C(F)(F)F)c2)C3)n1. The van der Waals surface area contributed by atoms with Gasteiger partial charge in [0.2, 0.25) is 0 Å². The van der Waals surface area contributed by atoms with Gasteiger partial charge in [0.05, 0.1) is 23.4 Å². The Bertz CT molecular complexity index is 1170. The predicted molar refractivity (Wildman–Crippen MR) is 102 cm³/mol. The molecule has 0 N–H and O–H groups in total. The summed E-state index contributed by atoms with van der Waals surface area (Å²) in [5, 5.41) is 8.07. The van der Waals surface area contributed by atoms with Crippen LogP contribution in [0.4, 0.5) is 31.1 Å². The van der Waals surface area contributed by atoms with Crippen LogP contribution in [-0.2, 0) is 36.8 Å². The maximum atomic E-state index is 13.0. The lowest BCUT2D eigenvalue weighted by Gasteiger charge is -2.20. The monoisotopic (exact) mass is 489 g/mol. The number of benzene rings is 1. The number of fused-ring (bicyclic) bond motifs is 1. The lowest BCUT2D eigenvalue weighted by molar-refractivity contribution is -0.143. The van der Waals surface area contributed by atoms with Crippen molar-refractivity contribution in [1.29, 1.82) is 0 Å². The Kier molecular flexibility index (Phi) is 6.00. The Morgan fingerprint density at radius 1 is 1.06 bits per heavy atom. The van der Waals surface area contributed by atoms with E-state index in [4.69, 9.17) is 9.26 Å². The number of halogens is 6. The highest BCUT2D eigenvalue weighted by molar-refractivity contribution is 5.67. The van der Waals surface area contributed by atoms with Crippen molar-refractivity contribution >= 4 is 6.09 Å². The summed E-state index contributed by atoms with van der Waals surface area (Å²) in [5.74, 6) is 0.629. The zero-order valence-electron chi connectivity index (χ0n) is 17.6. The van der Waals surface area contributed by atoms with Crippen LogP contribution in [0.5, 0.6) is 0 Å². The van der Waals surface area contributed by atoms with Gasteiger partial charge in [-0.25, -0.2) is 4.79 Å². The summed E-state index contributed by atoms with van der Waals surface area (Å²) in [6, 6.07) is 2.72. The van der Waals surface area contributed by atoms with Gasteiger partial charge in [-0.3, -0.25) is 4.68 Å². The maximum absolute atomic E-state index is 13.0. The highest BCUT2D eigenvalue weighted by Crippen LogP contribution is 2.36. The van der Waals surface area contributed by atoms with Gasteiger partial charge in [-0.2, -0.15) is 36.4 Å². The van der Waals surface area contributed by atoms with Gasteiger partial charge in [0.15, 0.2) is 11.5 Å². The van der Waals surface area contributed by atoms with Crippen LogP contribution in [0.25, 0.3) is 11.6 Å². The minimum absolute atomic E-state index is 0.0176. The summed E-state index contributed by atoms with van der Waals surface area (Å²) in [6.45, 7) is 1.68. The summed E-state index contributed by atoms with van der Waals surface area (Å²) in [6.07, 6.45) is -10.4. The standard InChI is InChI=1S/C20H17F6N5O3/c1-11-27-17(34-29-11)16-8-15-9-30(3-2-4-31(15)28-16)18(32)33-10-12-5-13(19(21,22)23)7-14(6-12)20(24,25)26/h5-8H,2-4,9-10H2,1H3. The fourth-order valence-corrected chi connectivity index (χ4v) is 3.46. The number of aryl methyl sites for hydroxylation is 2. The Morgan fingerprint density at radius 2 is 1.74 bits per heavy atom. The number of ether oxygens (including phenoxy) is 1. The highest BCUT2D eigenvalue weighted by Gasteiger charge is 2.37. The first kappa shape index (κ1) is 23.6. The number of amides is 1. The first-order valence-corrected chi connectivity index (χ1v) is 9.97. The number of alkyl halides is 6. The summed E-state index contributed by atoms with van der Waals surface area (Å²) in [5.41, 5.74) is -2.34. The molecule has 8 nitrogen and oxygen atoms in total. The van der Waals surface area contributed by atoms with E-state index in [1.165, 1.54) is 4.90 Å². The molecule has 0 fully saturated rings. The van der Waals surface area contributed by atoms with Crippen molar-refractivity contribution in [3.8, 4) is 11.6 Å². The van der Waals surface area contributed by atoms with Crippen molar-refractivity contribution < 1.29 is 40.4 Å². The molecule has 0 spiro atoms. The van der Waals surface area contributed by atoms with Crippen molar-refractivity contribution in [2.24, 2.45) is 0 Å². The number of rotatable bonds is 3. The molecule has 3 aromatic rings. The molecule has 182 valence electrons. The largest absolute Gasteiger partial charge is 0.445 e. The van der Waals surface area contributed by atoms with E-state index in [1.54, 1.807) is 17.7 Å². The molecule has 0 aliphatic carbocycles. The molecule has 1 amide bonds. The summed E-state index contributed by atoms with van der Waals surface area (Å²) >= 11 is 0. The molecule has 14 heteroatoms. The molecular weight excluding hydrogens is 472 g/mol. The van der Waals surface area contributed by atoms with E-state index < -0.39 is 41.7 Å². The van der Waals surface area contributed by atoms with Gasteiger partial charge < -0.3 is 14.2 Å². The Hall–Kier alpha value is -3.58. The molecule has 0 bridgehead atoms. The minimum Gasteiger partial charge on any atom is -0.445 e. The Labute approximate surface area is 188 Å². The molecule has 1 aliphatic heterocycles. The fraction of sp³-hybridized carbons (Fsp3) is 0.400. The van der Waals surface area contributed by atoms with Gasteiger partial charge in [-0.1, -0.05) is 5.16 Å². The van der Waals surface area contributed by atoms with Crippen molar-refractivity contribution in [3.63, 3.8) is 0 Å². The highest BCUT2D eigenvalue weighted by atomic mass is 19.4. The van der Waals surface area contributed by atoms with Gasteiger partial charge in [0.1, 0.15) is 6.61 Å². The average Bonchev–Trinajstić information content (AvgIpc) is 3.31. The lowest BCUT2D eigenvalue weighted by Crippen LogP contribution is -2.31. The number of hydrogen-bond acceptors (Lipinski definition) is 6. The van der Waals surface area contributed by atoms with Crippen molar-refractivity contribution in [2.75, 3.05) is 6.54 Å². The van der Waals surface area contributed by atoms with Crippen molar-refractivity contribution in [3.05, 3.63) is 52.5 Å². The molecule has 3 heterocycles. The van der Waals surface area contributed by atoms with E-state index in [2.05, 4.69) is 15.2 Å². The molecular formula is C20H17F6N5O3. The van der Waals surface area contributed by atoms with E-state index in [-0.39, 0.29) is 25.0 Å². The number of carbonyl (C=O) groups is 1. The molecule has 0 saturated carbocycles. The molecule has 1 aromatic carbocycles. The van der Waals surface area contributed by atoms with Gasteiger partial charge in [0, 0.05) is 13.1 Å². The fourth-order valence-electron chi connectivity index (χ4n) is 3.46. The van der Waals surface area contributed by atoms with Gasteiger partial charge in [-0.05, 0) is 43.2 Å². The third kappa shape index (κ3) is 5.15. The van der Waals surface area contributed by atoms with Crippen LogP contribution in [0.15, 0.2) is 28.8 Å². The summed E-state index contributed by atoms with van der Waals surface area (Å²) < 4.78 is 90.0.